The summed E-state index contributed by atoms with van der Waals surface area (Å²) in [5.74, 6) is 0.962. The lowest BCUT2D eigenvalue weighted by Crippen LogP contribution is -2.21. The zero-order valence-corrected chi connectivity index (χ0v) is 17.8. The van der Waals surface area contributed by atoms with Crippen LogP contribution in [0.1, 0.15) is 39.0 Å². The minimum Gasteiger partial charge on any atom is -0.439 e. The van der Waals surface area contributed by atoms with E-state index < -0.39 is 10.0 Å². The van der Waals surface area contributed by atoms with E-state index in [-0.39, 0.29) is 16.3 Å². The van der Waals surface area contributed by atoms with E-state index in [2.05, 4.69) is 14.7 Å². The molecule has 0 unspecified atom stereocenters. The van der Waals surface area contributed by atoms with Gasteiger partial charge in [-0.1, -0.05) is 64.1 Å². The quantitative estimate of drug-likeness (QED) is 0.622. The molecule has 1 N–H and O–H groups in total. The topological polar surface area (TPSA) is 81.2 Å². The fourth-order valence-electron chi connectivity index (χ4n) is 2.91. The number of hydrogen-bond acceptors (Lipinski definition) is 5. The summed E-state index contributed by atoms with van der Waals surface area (Å²) in [6, 6.07) is 17.4. The number of nitrogens with one attached hydrogen (secondary N) is 1. The maximum atomic E-state index is 12.8. The van der Waals surface area contributed by atoms with Crippen LogP contribution >= 0.6 is 0 Å². The van der Waals surface area contributed by atoms with E-state index in [9.17, 15) is 8.42 Å². The summed E-state index contributed by atoms with van der Waals surface area (Å²) in [5, 5.41) is 0. The Bertz CT molecular complexity index is 1080. The standard InChI is InChI=1S/C22H25N3O3S/c1-5-18-19(22(2,3)4)23-21(24-20(18)28-16-12-8-6-9-13-16)25-29(26,27)17-14-10-7-11-15-17/h6-15H,5H2,1-4H3,(H,23,24,25). The summed E-state index contributed by atoms with van der Waals surface area (Å²) in [6.45, 7) is 8.07. The van der Waals surface area contributed by atoms with Gasteiger partial charge in [0.2, 0.25) is 11.8 Å². The maximum Gasteiger partial charge on any atom is 0.264 e. The zero-order chi connectivity index (χ0) is 21.1. The third-order valence-electron chi connectivity index (χ3n) is 4.27. The average Bonchev–Trinajstić information content (AvgIpc) is 2.68. The van der Waals surface area contributed by atoms with Crippen LogP contribution in [0.5, 0.6) is 11.6 Å². The van der Waals surface area contributed by atoms with Gasteiger partial charge in [0.25, 0.3) is 10.0 Å². The lowest BCUT2D eigenvalue weighted by molar-refractivity contribution is 0.447. The van der Waals surface area contributed by atoms with Crippen molar-refractivity contribution in [2.45, 2.75) is 44.4 Å². The van der Waals surface area contributed by atoms with Crippen LogP contribution in [0.4, 0.5) is 5.95 Å². The third kappa shape index (κ3) is 4.92. The van der Waals surface area contributed by atoms with Crippen LogP contribution in [-0.2, 0) is 21.9 Å². The van der Waals surface area contributed by atoms with E-state index in [1.54, 1.807) is 18.2 Å². The number of nitrogens with zero attached hydrogens (tertiary/aromatic N) is 2. The molecule has 6 nitrogen and oxygen atoms in total. The van der Waals surface area contributed by atoms with Gasteiger partial charge in [-0.25, -0.2) is 18.1 Å². The van der Waals surface area contributed by atoms with Gasteiger partial charge < -0.3 is 4.74 Å². The van der Waals surface area contributed by atoms with Crippen molar-refractivity contribution < 1.29 is 13.2 Å². The molecule has 3 aromatic rings. The second-order valence-electron chi connectivity index (χ2n) is 7.62. The van der Waals surface area contributed by atoms with Crippen molar-refractivity contribution in [1.29, 1.82) is 0 Å². The fraction of sp³-hybridized carbons (Fsp3) is 0.273. The van der Waals surface area contributed by atoms with E-state index in [1.807, 2.05) is 58.0 Å². The van der Waals surface area contributed by atoms with Crippen molar-refractivity contribution in [2.75, 3.05) is 4.72 Å². The molecule has 0 amide bonds. The summed E-state index contributed by atoms with van der Waals surface area (Å²) in [7, 11) is -3.82. The largest absolute Gasteiger partial charge is 0.439 e. The molecule has 0 radical (unpaired) electrons. The summed E-state index contributed by atoms with van der Waals surface area (Å²) in [5.41, 5.74) is 1.27. The molecule has 0 saturated heterocycles. The van der Waals surface area contributed by atoms with Crippen molar-refractivity contribution in [3.63, 3.8) is 0 Å². The average molecular weight is 412 g/mol. The van der Waals surface area contributed by atoms with Crippen molar-refractivity contribution in [2.24, 2.45) is 0 Å². The van der Waals surface area contributed by atoms with E-state index in [1.165, 1.54) is 12.1 Å². The molecule has 0 aliphatic heterocycles. The monoisotopic (exact) mass is 411 g/mol. The lowest BCUT2D eigenvalue weighted by atomic mass is 9.88. The number of anilines is 1. The first-order valence-electron chi connectivity index (χ1n) is 9.43. The Morgan fingerprint density at radius 1 is 0.931 bits per heavy atom. The van der Waals surface area contributed by atoms with Gasteiger partial charge in [0.05, 0.1) is 10.6 Å². The van der Waals surface area contributed by atoms with Crippen LogP contribution in [0.15, 0.2) is 65.6 Å². The van der Waals surface area contributed by atoms with Gasteiger partial charge in [0.1, 0.15) is 5.75 Å². The molecular weight excluding hydrogens is 386 g/mol. The highest BCUT2D eigenvalue weighted by Gasteiger charge is 2.26. The van der Waals surface area contributed by atoms with E-state index in [0.29, 0.717) is 18.1 Å². The maximum absolute atomic E-state index is 12.8. The predicted octanol–water partition coefficient (Wildman–Crippen LogP) is 4.93. The molecule has 0 bridgehead atoms. The number of rotatable bonds is 6. The molecule has 0 aliphatic rings. The van der Waals surface area contributed by atoms with Crippen molar-refractivity contribution >= 4 is 16.0 Å². The zero-order valence-electron chi connectivity index (χ0n) is 17.0. The molecular formula is C22H25N3O3S. The first-order valence-corrected chi connectivity index (χ1v) is 10.9. The number of ether oxygens (including phenoxy) is 1. The molecule has 0 atom stereocenters. The molecule has 29 heavy (non-hydrogen) atoms. The van der Waals surface area contributed by atoms with Crippen LogP contribution < -0.4 is 9.46 Å². The fourth-order valence-corrected chi connectivity index (χ4v) is 3.88. The molecule has 0 spiro atoms. The van der Waals surface area contributed by atoms with E-state index in [0.717, 1.165) is 11.3 Å². The van der Waals surface area contributed by atoms with Crippen molar-refractivity contribution in [3.8, 4) is 11.6 Å². The normalized spacial score (nSPS) is 11.9. The Labute approximate surface area is 172 Å². The minimum atomic E-state index is -3.82. The number of benzene rings is 2. The first kappa shape index (κ1) is 20.8. The molecule has 3 rings (SSSR count). The van der Waals surface area contributed by atoms with Crippen LogP contribution in [0, 0.1) is 0 Å². The van der Waals surface area contributed by atoms with Gasteiger partial charge in [-0.05, 0) is 30.7 Å². The first-order chi connectivity index (χ1) is 13.7. The van der Waals surface area contributed by atoms with Crippen LogP contribution in [0.25, 0.3) is 0 Å². The summed E-state index contributed by atoms with van der Waals surface area (Å²) in [4.78, 5) is 9.09. The Morgan fingerprint density at radius 3 is 2.07 bits per heavy atom. The minimum absolute atomic E-state index is 0.0121. The SMILES string of the molecule is CCc1c(Oc2ccccc2)nc(NS(=O)(=O)c2ccccc2)nc1C(C)(C)C. The number of sulfonamides is 1. The van der Waals surface area contributed by atoms with E-state index in [4.69, 9.17) is 4.74 Å². The Morgan fingerprint density at radius 2 is 1.52 bits per heavy atom. The third-order valence-corrected chi connectivity index (χ3v) is 5.61. The Kier molecular flexibility index (Phi) is 5.88. The van der Waals surface area contributed by atoms with Crippen molar-refractivity contribution in [1.82, 2.24) is 9.97 Å². The van der Waals surface area contributed by atoms with Gasteiger partial charge in [-0.15, -0.1) is 0 Å². The van der Waals surface area contributed by atoms with Gasteiger partial charge in [-0.2, -0.15) is 4.98 Å². The van der Waals surface area contributed by atoms with Gasteiger partial charge >= 0.3 is 0 Å². The molecule has 152 valence electrons. The highest BCUT2D eigenvalue weighted by atomic mass is 32.2. The van der Waals surface area contributed by atoms with Gasteiger partial charge in [0, 0.05) is 11.0 Å². The second-order valence-corrected chi connectivity index (χ2v) is 9.30. The predicted molar refractivity (Wildman–Crippen MR) is 114 cm³/mol. The molecule has 0 saturated carbocycles. The Hall–Kier alpha value is -2.93. The highest BCUT2D eigenvalue weighted by Crippen LogP contribution is 2.33. The smallest absolute Gasteiger partial charge is 0.264 e. The molecule has 1 heterocycles. The summed E-state index contributed by atoms with van der Waals surface area (Å²) < 4.78 is 34.0. The lowest BCUT2D eigenvalue weighted by Gasteiger charge is -2.23. The number of hydrogen-bond donors (Lipinski definition) is 1. The highest BCUT2D eigenvalue weighted by molar-refractivity contribution is 7.92. The summed E-state index contributed by atoms with van der Waals surface area (Å²) in [6.07, 6.45) is 0.653. The number of aromatic nitrogens is 2. The molecule has 2 aromatic carbocycles. The number of para-hydroxylation sites is 1. The van der Waals surface area contributed by atoms with Crippen LogP contribution in [0.3, 0.4) is 0 Å². The molecule has 7 heteroatoms. The molecule has 0 fully saturated rings. The van der Waals surface area contributed by atoms with Crippen LogP contribution in [-0.4, -0.2) is 18.4 Å². The molecule has 1 aromatic heterocycles. The Balaban J connectivity index is 2.09. The van der Waals surface area contributed by atoms with Crippen LogP contribution in [0.2, 0.25) is 0 Å². The van der Waals surface area contributed by atoms with Gasteiger partial charge in [0.15, 0.2) is 0 Å². The van der Waals surface area contributed by atoms with E-state index >= 15 is 0 Å². The summed E-state index contributed by atoms with van der Waals surface area (Å²) >= 11 is 0. The van der Waals surface area contributed by atoms with Crippen molar-refractivity contribution in [3.05, 3.63) is 71.9 Å². The molecule has 0 aliphatic carbocycles. The van der Waals surface area contributed by atoms with Gasteiger partial charge in [-0.3, -0.25) is 0 Å². The second kappa shape index (κ2) is 8.21.